The number of nitrogens with zero attached hydrogens (tertiary/aromatic N) is 1. The second-order valence-electron chi connectivity index (χ2n) is 5.17. The molecule has 1 atom stereocenters. The number of morpholine rings is 1. The van der Waals surface area contributed by atoms with Gasteiger partial charge in [-0.3, -0.25) is 9.59 Å². The first-order chi connectivity index (χ1) is 11.1. The van der Waals surface area contributed by atoms with Gasteiger partial charge >= 0.3 is 0 Å². The van der Waals surface area contributed by atoms with Crippen molar-refractivity contribution in [3.05, 3.63) is 34.3 Å². The fourth-order valence-corrected chi connectivity index (χ4v) is 2.66. The number of hydrogen-bond donors (Lipinski definition) is 3. The Morgan fingerprint density at radius 2 is 2.22 bits per heavy atom. The summed E-state index contributed by atoms with van der Waals surface area (Å²) in [6, 6.07) is 4.56. The molecule has 0 bridgehead atoms. The van der Waals surface area contributed by atoms with Gasteiger partial charge in [0.2, 0.25) is 11.8 Å². The van der Waals surface area contributed by atoms with Gasteiger partial charge in [-0.2, -0.15) is 0 Å². The Hall–Kier alpha value is -1.67. The molecule has 126 valence electrons. The van der Waals surface area contributed by atoms with E-state index in [1.165, 1.54) is 4.90 Å². The molecule has 1 aliphatic rings. The van der Waals surface area contributed by atoms with Gasteiger partial charge in [0.15, 0.2) is 0 Å². The molecule has 23 heavy (non-hydrogen) atoms. The summed E-state index contributed by atoms with van der Waals surface area (Å²) in [4.78, 5) is 25.4. The molecule has 1 saturated heterocycles. The van der Waals surface area contributed by atoms with E-state index in [0.29, 0.717) is 18.2 Å². The van der Waals surface area contributed by atoms with Crippen LogP contribution < -0.4 is 11.1 Å². The van der Waals surface area contributed by atoms with Crippen molar-refractivity contribution < 1.29 is 19.4 Å². The highest BCUT2D eigenvalue weighted by Crippen LogP contribution is 2.16. The van der Waals surface area contributed by atoms with Gasteiger partial charge in [0.1, 0.15) is 12.6 Å². The van der Waals surface area contributed by atoms with Crippen molar-refractivity contribution in [3.63, 3.8) is 0 Å². The quantitative estimate of drug-likeness (QED) is 0.678. The normalized spacial score (nSPS) is 17.9. The van der Waals surface area contributed by atoms with E-state index in [1.54, 1.807) is 12.1 Å². The number of halogens is 1. The molecule has 1 heterocycles. The summed E-state index contributed by atoms with van der Waals surface area (Å²) in [7, 11) is 0. The SMILES string of the molecule is NCc1ccc(Cl)cc1CNC(=O)[C@@H]1COCCN1C(=O)CO. The van der Waals surface area contributed by atoms with Gasteiger partial charge in [-0.05, 0) is 23.3 Å². The first-order valence-electron chi connectivity index (χ1n) is 7.30. The Balaban J connectivity index is 2.03. The second kappa shape index (κ2) is 8.26. The van der Waals surface area contributed by atoms with Crippen molar-refractivity contribution in [3.8, 4) is 0 Å². The van der Waals surface area contributed by atoms with Gasteiger partial charge in [0, 0.05) is 24.7 Å². The number of aliphatic hydroxyl groups excluding tert-OH is 1. The van der Waals surface area contributed by atoms with Gasteiger partial charge in [-0.15, -0.1) is 0 Å². The van der Waals surface area contributed by atoms with Crippen molar-refractivity contribution in [2.45, 2.75) is 19.1 Å². The number of amides is 2. The van der Waals surface area contributed by atoms with Crippen LogP contribution in [0.4, 0.5) is 0 Å². The summed E-state index contributed by atoms with van der Waals surface area (Å²) < 4.78 is 5.27. The maximum Gasteiger partial charge on any atom is 0.249 e. The van der Waals surface area contributed by atoms with E-state index in [-0.39, 0.29) is 25.6 Å². The maximum atomic E-state index is 12.4. The van der Waals surface area contributed by atoms with Crippen LogP contribution in [-0.2, 0) is 27.4 Å². The van der Waals surface area contributed by atoms with Crippen LogP contribution in [0.5, 0.6) is 0 Å². The number of hydrogen-bond acceptors (Lipinski definition) is 5. The minimum absolute atomic E-state index is 0.108. The van der Waals surface area contributed by atoms with Gasteiger partial charge in [0.05, 0.1) is 13.2 Å². The molecule has 7 nitrogen and oxygen atoms in total. The van der Waals surface area contributed by atoms with Gasteiger partial charge in [0.25, 0.3) is 0 Å². The highest BCUT2D eigenvalue weighted by molar-refractivity contribution is 6.30. The molecule has 1 aliphatic heterocycles. The van der Waals surface area contributed by atoms with Crippen molar-refractivity contribution in [1.29, 1.82) is 0 Å². The third-order valence-corrected chi connectivity index (χ3v) is 3.96. The molecule has 0 unspecified atom stereocenters. The number of nitrogens with two attached hydrogens (primary N) is 1. The second-order valence-corrected chi connectivity index (χ2v) is 5.61. The van der Waals surface area contributed by atoms with E-state index in [1.807, 2.05) is 6.07 Å². The summed E-state index contributed by atoms with van der Waals surface area (Å²) >= 11 is 5.97. The van der Waals surface area contributed by atoms with Crippen LogP contribution in [0.3, 0.4) is 0 Å². The van der Waals surface area contributed by atoms with E-state index < -0.39 is 18.6 Å². The lowest BCUT2D eigenvalue weighted by atomic mass is 10.1. The third kappa shape index (κ3) is 4.42. The fourth-order valence-electron chi connectivity index (χ4n) is 2.47. The lowest BCUT2D eigenvalue weighted by Crippen LogP contribution is -2.56. The monoisotopic (exact) mass is 341 g/mol. The topological polar surface area (TPSA) is 105 Å². The zero-order valence-electron chi connectivity index (χ0n) is 12.6. The van der Waals surface area contributed by atoms with E-state index in [0.717, 1.165) is 11.1 Å². The average Bonchev–Trinajstić information content (AvgIpc) is 2.59. The van der Waals surface area contributed by atoms with Crippen LogP contribution in [0, 0.1) is 0 Å². The van der Waals surface area contributed by atoms with Crippen LogP contribution >= 0.6 is 11.6 Å². The van der Waals surface area contributed by atoms with Crippen molar-refractivity contribution in [2.75, 3.05) is 26.4 Å². The van der Waals surface area contributed by atoms with Crippen LogP contribution in [0.15, 0.2) is 18.2 Å². The standard InChI is InChI=1S/C15H20ClN3O4/c16-12-2-1-10(6-17)11(5-12)7-18-15(22)13-9-23-4-3-19(13)14(21)8-20/h1-2,5,13,20H,3-4,6-9,17H2,(H,18,22)/t13-/m0/s1. The van der Waals surface area contributed by atoms with Crippen LogP contribution in [0.25, 0.3) is 0 Å². The Morgan fingerprint density at radius 3 is 2.91 bits per heavy atom. The van der Waals surface area contributed by atoms with E-state index >= 15 is 0 Å². The molecular formula is C15H20ClN3O4. The molecule has 0 spiro atoms. The molecule has 0 saturated carbocycles. The third-order valence-electron chi connectivity index (χ3n) is 3.73. The van der Waals surface area contributed by atoms with E-state index in [9.17, 15) is 9.59 Å². The highest BCUT2D eigenvalue weighted by Gasteiger charge is 2.32. The highest BCUT2D eigenvalue weighted by atomic mass is 35.5. The number of aliphatic hydroxyl groups is 1. The maximum absolute atomic E-state index is 12.4. The van der Waals surface area contributed by atoms with E-state index in [2.05, 4.69) is 5.32 Å². The smallest absolute Gasteiger partial charge is 0.249 e. The Kier molecular flexibility index (Phi) is 6.35. The van der Waals surface area contributed by atoms with Crippen molar-refractivity contribution in [1.82, 2.24) is 10.2 Å². The number of carbonyl (C=O) groups excluding carboxylic acids is 2. The minimum Gasteiger partial charge on any atom is -0.387 e. The number of rotatable bonds is 5. The lowest BCUT2D eigenvalue weighted by molar-refractivity contribution is -0.150. The van der Waals surface area contributed by atoms with Crippen LogP contribution in [-0.4, -0.2) is 54.2 Å². The molecule has 0 aromatic heterocycles. The summed E-state index contributed by atoms with van der Waals surface area (Å²) in [6.45, 7) is 0.698. The molecular weight excluding hydrogens is 322 g/mol. The largest absolute Gasteiger partial charge is 0.387 e. The average molecular weight is 342 g/mol. The van der Waals surface area contributed by atoms with Gasteiger partial charge in [-0.1, -0.05) is 17.7 Å². The number of carbonyl (C=O) groups is 2. The summed E-state index contributed by atoms with van der Waals surface area (Å²) in [6.07, 6.45) is 0. The molecule has 1 aromatic rings. The molecule has 0 radical (unpaired) electrons. The molecule has 2 amide bonds. The Morgan fingerprint density at radius 1 is 1.43 bits per heavy atom. The molecule has 4 N–H and O–H groups in total. The first kappa shape index (κ1) is 17.7. The first-order valence-corrected chi connectivity index (χ1v) is 7.67. The number of ether oxygens (including phenoxy) is 1. The number of nitrogens with one attached hydrogen (secondary N) is 1. The van der Waals surface area contributed by atoms with Crippen LogP contribution in [0.1, 0.15) is 11.1 Å². The predicted molar refractivity (Wildman–Crippen MR) is 84.6 cm³/mol. The summed E-state index contributed by atoms with van der Waals surface area (Å²) in [5.74, 6) is -0.826. The Labute approximate surface area is 139 Å². The molecule has 8 heteroatoms. The summed E-state index contributed by atoms with van der Waals surface area (Å²) in [5.41, 5.74) is 7.38. The zero-order chi connectivity index (χ0) is 16.8. The molecule has 1 fully saturated rings. The Bertz CT molecular complexity index is 582. The minimum atomic E-state index is -0.746. The van der Waals surface area contributed by atoms with Gasteiger partial charge in [-0.25, -0.2) is 0 Å². The molecule has 1 aromatic carbocycles. The van der Waals surface area contributed by atoms with Crippen LogP contribution in [0.2, 0.25) is 5.02 Å². The fraction of sp³-hybridized carbons (Fsp3) is 0.467. The predicted octanol–water partition coefficient (Wildman–Crippen LogP) is -0.365. The van der Waals surface area contributed by atoms with Crippen molar-refractivity contribution >= 4 is 23.4 Å². The molecule has 0 aliphatic carbocycles. The van der Waals surface area contributed by atoms with Gasteiger partial charge < -0.3 is 25.8 Å². The summed E-state index contributed by atoms with van der Waals surface area (Å²) in [5, 5.41) is 12.3. The van der Waals surface area contributed by atoms with E-state index in [4.69, 9.17) is 27.2 Å². The zero-order valence-corrected chi connectivity index (χ0v) is 13.4. The molecule has 2 rings (SSSR count). The number of benzene rings is 1. The lowest BCUT2D eigenvalue weighted by Gasteiger charge is -2.34. The van der Waals surface area contributed by atoms with Crippen molar-refractivity contribution in [2.24, 2.45) is 5.73 Å².